The van der Waals surface area contributed by atoms with Crippen molar-refractivity contribution in [3.63, 3.8) is 0 Å². The van der Waals surface area contributed by atoms with E-state index in [0.717, 1.165) is 18.4 Å². The number of guanidine groups is 1. The normalized spacial score (nSPS) is 18.6. The minimum absolute atomic E-state index is 0. The fourth-order valence-corrected chi connectivity index (χ4v) is 2.25. The summed E-state index contributed by atoms with van der Waals surface area (Å²) in [6, 6.07) is 0. The molecule has 1 heterocycles. The molecule has 0 aromatic carbocycles. The number of hydrogen-bond donors (Lipinski definition) is 2. The lowest BCUT2D eigenvalue weighted by molar-refractivity contribution is 0.185. The summed E-state index contributed by atoms with van der Waals surface area (Å²) in [4.78, 5) is 6.69. The molecule has 2 N–H and O–H groups in total. The standard InChI is InChI=1S/C12H26N4.HI/c1-4-7-16-8-5-11(6-9-16)10-15-12(13-2)14-3;/h11H,4-10H2,1-3H3,(H2,13,14,15);1H. The van der Waals surface area contributed by atoms with E-state index in [0.29, 0.717) is 0 Å². The van der Waals surface area contributed by atoms with Crippen molar-refractivity contribution >= 4 is 29.9 Å². The van der Waals surface area contributed by atoms with Crippen molar-refractivity contribution in [2.75, 3.05) is 40.3 Å². The Hall–Kier alpha value is -0.0400. The molecule has 0 atom stereocenters. The van der Waals surface area contributed by atoms with Crippen LogP contribution in [-0.2, 0) is 0 Å². The van der Waals surface area contributed by atoms with Gasteiger partial charge in [-0.15, -0.1) is 24.0 Å². The maximum atomic E-state index is 4.12. The molecule has 0 spiro atoms. The zero-order chi connectivity index (χ0) is 11.8. The summed E-state index contributed by atoms with van der Waals surface area (Å²) in [7, 11) is 3.71. The van der Waals surface area contributed by atoms with Gasteiger partial charge >= 0.3 is 0 Å². The predicted octanol–water partition coefficient (Wildman–Crippen LogP) is 1.52. The van der Waals surface area contributed by atoms with E-state index >= 15 is 0 Å². The number of likely N-dealkylation sites (tertiary alicyclic amines) is 1. The van der Waals surface area contributed by atoms with Gasteiger partial charge in [-0.05, 0) is 44.8 Å². The Balaban J connectivity index is 0.00000256. The van der Waals surface area contributed by atoms with Crippen LogP contribution in [0.3, 0.4) is 0 Å². The summed E-state index contributed by atoms with van der Waals surface area (Å²) >= 11 is 0. The Bertz CT molecular complexity index is 213. The maximum Gasteiger partial charge on any atom is 0.190 e. The van der Waals surface area contributed by atoms with E-state index in [4.69, 9.17) is 0 Å². The molecule has 0 unspecified atom stereocenters. The minimum atomic E-state index is 0. The van der Waals surface area contributed by atoms with Gasteiger partial charge in [-0.3, -0.25) is 4.99 Å². The smallest absolute Gasteiger partial charge is 0.190 e. The fraction of sp³-hybridized carbons (Fsp3) is 0.917. The first-order chi connectivity index (χ1) is 7.80. The Labute approximate surface area is 123 Å². The van der Waals surface area contributed by atoms with Gasteiger partial charge in [-0.1, -0.05) is 6.92 Å². The topological polar surface area (TPSA) is 39.7 Å². The first kappa shape index (κ1) is 17.0. The number of halogens is 1. The second-order valence-electron chi connectivity index (χ2n) is 4.49. The molecule has 0 aromatic heterocycles. The zero-order valence-electron chi connectivity index (χ0n) is 11.3. The average molecular weight is 354 g/mol. The van der Waals surface area contributed by atoms with Gasteiger partial charge in [-0.2, -0.15) is 0 Å². The molecule has 1 aliphatic heterocycles. The first-order valence-corrected chi connectivity index (χ1v) is 6.40. The highest BCUT2D eigenvalue weighted by Crippen LogP contribution is 2.16. The molecule has 1 aliphatic rings. The van der Waals surface area contributed by atoms with Crippen molar-refractivity contribution in [3.05, 3.63) is 0 Å². The molecule has 0 aromatic rings. The van der Waals surface area contributed by atoms with E-state index < -0.39 is 0 Å². The van der Waals surface area contributed by atoms with Crippen LogP contribution in [0.25, 0.3) is 0 Å². The molecule has 102 valence electrons. The van der Waals surface area contributed by atoms with E-state index in [2.05, 4.69) is 27.4 Å². The van der Waals surface area contributed by atoms with Crippen molar-refractivity contribution in [2.45, 2.75) is 26.2 Å². The van der Waals surface area contributed by atoms with E-state index in [9.17, 15) is 0 Å². The van der Waals surface area contributed by atoms with Crippen molar-refractivity contribution in [2.24, 2.45) is 10.9 Å². The van der Waals surface area contributed by atoms with Gasteiger partial charge in [0, 0.05) is 20.6 Å². The molecule has 0 radical (unpaired) electrons. The third-order valence-corrected chi connectivity index (χ3v) is 3.27. The van der Waals surface area contributed by atoms with Crippen LogP contribution in [0, 0.1) is 5.92 Å². The summed E-state index contributed by atoms with van der Waals surface area (Å²) in [6.07, 6.45) is 3.90. The highest BCUT2D eigenvalue weighted by Gasteiger charge is 2.18. The van der Waals surface area contributed by atoms with E-state index in [-0.39, 0.29) is 24.0 Å². The van der Waals surface area contributed by atoms with E-state index in [1.165, 1.54) is 38.9 Å². The number of nitrogens with one attached hydrogen (secondary N) is 2. The molecule has 0 aliphatic carbocycles. The molecular weight excluding hydrogens is 327 g/mol. The summed E-state index contributed by atoms with van der Waals surface area (Å²) in [5.41, 5.74) is 0. The van der Waals surface area contributed by atoms with E-state index in [1.807, 2.05) is 14.1 Å². The van der Waals surface area contributed by atoms with Crippen LogP contribution < -0.4 is 10.6 Å². The third-order valence-electron chi connectivity index (χ3n) is 3.27. The van der Waals surface area contributed by atoms with Gasteiger partial charge in [0.25, 0.3) is 0 Å². The summed E-state index contributed by atoms with van der Waals surface area (Å²) < 4.78 is 0. The van der Waals surface area contributed by atoms with Gasteiger partial charge in [0.15, 0.2) is 5.96 Å². The molecule has 5 heteroatoms. The SMILES string of the molecule is CCCN1CCC(CNC(=NC)NC)CC1.I. The van der Waals surface area contributed by atoms with Crippen LogP contribution in [0.5, 0.6) is 0 Å². The van der Waals surface area contributed by atoms with Gasteiger partial charge in [0.2, 0.25) is 0 Å². The van der Waals surface area contributed by atoms with Crippen LogP contribution in [-0.4, -0.2) is 51.1 Å². The van der Waals surface area contributed by atoms with E-state index in [1.54, 1.807) is 0 Å². The number of aliphatic imine (C=N–C) groups is 1. The van der Waals surface area contributed by atoms with Crippen LogP contribution in [0.1, 0.15) is 26.2 Å². The summed E-state index contributed by atoms with van der Waals surface area (Å²) in [5, 5.41) is 6.40. The lowest BCUT2D eigenvalue weighted by atomic mass is 9.97. The molecule has 1 saturated heterocycles. The van der Waals surface area contributed by atoms with Crippen molar-refractivity contribution in [3.8, 4) is 0 Å². The molecule has 0 saturated carbocycles. The second kappa shape index (κ2) is 9.94. The lowest BCUT2D eigenvalue weighted by Crippen LogP contribution is -2.41. The number of nitrogens with zero attached hydrogens (tertiary/aromatic N) is 2. The van der Waals surface area contributed by atoms with Crippen molar-refractivity contribution in [1.29, 1.82) is 0 Å². The Morgan fingerprint density at radius 3 is 2.47 bits per heavy atom. The number of piperidine rings is 1. The maximum absolute atomic E-state index is 4.12. The molecule has 1 fully saturated rings. The number of rotatable bonds is 4. The van der Waals surface area contributed by atoms with Gasteiger partial charge < -0.3 is 15.5 Å². The molecular formula is C12H27IN4. The third kappa shape index (κ3) is 6.45. The lowest BCUT2D eigenvalue weighted by Gasteiger charge is -2.31. The Morgan fingerprint density at radius 1 is 1.35 bits per heavy atom. The highest BCUT2D eigenvalue weighted by molar-refractivity contribution is 14.0. The van der Waals surface area contributed by atoms with Crippen LogP contribution in [0.2, 0.25) is 0 Å². The zero-order valence-corrected chi connectivity index (χ0v) is 13.7. The van der Waals surface area contributed by atoms with Crippen LogP contribution >= 0.6 is 24.0 Å². The Morgan fingerprint density at radius 2 is 2.00 bits per heavy atom. The predicted molar refractivity (Wildman–Crippen MR) is 85.3 cm³/mol. The van der Waals surface area contributed by atoms with Gasteiger partial charge in [0.05, 0.1) is 0 Å². The average Bonchev–Trinajstić information content (AvgIpc) is 2.33. The van der Waals surface area contributed by atoms with Crippen molar-refractivity contribution in [1.82, 2.24) is 15.5 Å². The largest absolute Gasteiger partial charge is 0.359 e. The quantitative estimate of drug-likeness (QED) is 0.457. The van der Waals surface area contributed by atoms with Gasteiger partial charge in [0.1, 0.15) is 0 Å². The van der Waals surface area contributed by atoms with Crippen LogP contribution in [0.15, 0.2) is 4.99 Å². The molecule has 4 nitrogen and oxygen atoms in total. The number of hydrogen-bond acceptors (Lipinski definition) is 2. The van der Waals surface area contributed by atoms with Crippen LogP contribution in [0.4, 0.5) is 0 Å². The monoisotopic (exact) mass is 354 g/mol. The summed E-state index contributed by atoms with van der Waals surface area (Å²) in [6.45, 7) is 7.09. The second-order valence-corrected chi connectivity index (χ2v) is 4.49. The Kier molecular flexibility index (Phi) is 9.91. The van der Waals surface area contributed by atoms with Crippen molar-refractivity contribution < 1.29 is 0 Å². The molecule has 0 amide bonds. The first-order valence-electron chi connectivity index (χ1n) is 6.40. The molecule has 0 bridgehead atoms. The molecule has 17 heavy (non-hydrogen) atoms. The summed E-state index contributed by atoms with van der Waals surface area (Å²) in [5.74, 6) is 1.70. The van der Waals surface area contributed by atoms with Gasteiger partial charge in [-0.25, -0.2) is 0 Å². The fourth-order valence-electron chi connectivity index (χ4n) is 2.25. The molecule has 1 rings (SSSR count). The minimum Gasteiger partial charge on any atom is -0.359 e. The highest BCUT2D eigenvalue weighted by atomic mass is 127.